The molecule has 1 saturated carbocycles. The third-order valence-electron chi connectivity index (χ3n) is 5.76. The highest BCUT2D eigenvalue weighted by atomic mass is 35.5. The molecular formula is C26H19ClN4O2. The van der Waals surface area contributed by atoms with Gasteiger partial charge in [0.1, 0.15) is 0 Å². The zero-order valence-electron chi connectivity index (χ0n) is 17.6. The molecule has 0 radical (unpaired) electrons. The molecule has 3 aromatic heterocycles. The highest BCUT2D eigenvalue weighted by Gasteiger charge is 2.23. The third kappa shape index (κ3) is 3.77. The van der Waals surface area contributed by atoms with Crippen LogP contribution in [0.1, 0.15) is 18.4 Å². The predicted octanol–water partition coefficient (Wildman–Crippen LogP) is 5.53. The summed E-state index contributed by atoms with van der Waals surface area (Å²) in [6, 6.07) is 17.4. The molecule has 1 aliphatic carbocycles. The van der Waals surface area contributed by atoms with Crippen LogP contribution >= 0.6 is 11.6 Å². The molecule has 6 nitrogen and oxygen atoms in total. The van der Waals surface area contributed by atoms with E-state index in [9.17, 15) is 4.79 Å². The summed E-state index contributed by atoms with van der Waals surface area (Å²) in [5.74, 6) is 0. The Morgan fingerprint density at radius 2 is 1.79 bits per heavy atom. The highest BCUT2D eigenvalue weighted by molar-refractivity contribution is 6.35. The van der Waals surface area contributed by atoms with Gasteiger partial charge >= 0.3 is 0 Å². The molecule has 0 aliphatic heterocycles. The van der Waals surface area contributed by atoms with Gasteiger partial charge in [-0.1, -0.05) is 48.0 Å². The molecule has 33 heavy (non-hydrogen) atoms. The summed E-state index contributed by atoms with van der Waals surface area (Å²) in [6.45, 7) is 0.265. The summed E-state index contributed by atoms with van der Waals surface area (Å²) in [5.41, 5.74) is 4.73. The smallest absolute Gasteiger partial charge is 0.214 e. The lowest BCUT2D eigenvalue weighted by molar-refractivity contribution is 0.105. The molecule has 1 aliphatic rings. The van der Waals surface area contributed by atoms with Crippen LogP contribution in [0, 0.1) is 0 Å². The number of ether oxygens (including phenoxy) is 1. The van der Waals surface area contributed by atoms with Crippen molar-refractivity contribution in [1.82, 2.24) is 19.9 Å². The van der Waals surface area contributed by atoms with Gasteiger partial charge in [0.05, 0.1) is 34.6 Å². The topological polar surface area (TPSA) is 80.8 Å². The summed E-state index contributed by atoms with van der Waals surface area (Å²) < 4.78 is 5.75. The maximum absolute atomic E-state index is 13.2. The van der Waals surface area contributed by atoms with Gasteiger partial charge in [-0.15, -0.1) is 0 Å². The Hall–Kier alpha value is -3.61. The van der Waals surface area contributed by atoms with Crippen molar-refractivity contribution < 1.29 is 4.74 Å². The van der Waals surface area contributed by atoms with Gasteiger partial charge in [-0.05, 0) is 31.0 Å². The van der Waals surface area contributed by atoms with Crippen molar-refractivity contribution in [3.8, 4) is 22.5 Å². The summed E-state index contributed by atoms with van der Waals surface area (Å²) in [7, 11) is 0. The second kappa shape index (κ2) is 8.06. The molecule has 1 N–H and O–H groups in total. The quantitative estimate of drug-likeness (QED) is 0.377. The Kier molecular flexibility index (Phi) is 4.89. The first kappa shape index (κ1) is 20.0. The number of rotatable bonds is 5. The predicted molar refractivity (Wildman–Crippen MR) is 129 cm³/mol. The van der Waals surface area contributed by atoms with Crippen LogP contribution in [0.4, 0.5) is 0 Å². The van der Waals surface area contributed by atoms with Crippen molar-refractivity contribution >= 4 is 33.7 Å². The molecule has 1 fully saturated rings. The molecule has 162 valence electrons. The first-order valence-electron chi connectivity index (χ1n) is 10.8. The van der Waals surface area contributed by atoms with Crippen molar-refractivity contribution in [3.63, 3.8) is 0 Å². The van der Waals surface area contributed by atoms with Gasteiger partial charge in [0, 0.05) is 34.5 Å². The molecule has 6 rings (SSSR count). The van der Waals surface area contributed by atoms with Crippen LogP contribution < -0.4 is 5.43 Å². The first-order chi connectivity index (χ1) is 16.2. The van der Waals surface area contributed by atoms with Gasteiger partial charge in [-0.3, -0.25) is 9.78 Å². The van der Waals surface area contributed by atoms with Crippen LogP contribution in [0.3, 0.4) is 0 Å². The zero-order chi connectivity index (χ0) is 22.4. The monoisotopic (exact) mass is 454 g/mol. The lowest BCUT2D eigenvalue weighted by atomic mass is 10.0. The average molecular weight is 455 g/mol. The number of aromatic amines is 1. The van der Waals surface area contributed by atoms with Crippen molar-refractivity contribution in [1.29, 1.82) is 0 Å². The minimum atomic E-state index is -0.175. The van der Waals surface area contributed by atoms with E-state index in [1.807, 2.05) is 54.6 Å². The van der Waals surface area contributed by atoms with E-state index in [0.29, 0.717) is 27.6 Å². The van der Waals surface area contributed by atoms with Crippen LogP contribution in [-0.2, 0) is 11.3 Å². The van der Waals surface area contributed by atoms with Crippen molar-refractivity contribution in [2.45, 2.75) is 25.6 Å². The highest BCUT2D eigenvalue weighted by Crippen LogP contribution is 2.34. The summed E-state index contributed by atoms with van der Waals surface area (Å²) in [5, 5.41) is 1.41. The first-order valence-corrected chi connectivity index (χ1v) is 11.2. The van der Waals surface area contributed by atoms with E-state index in [1.165, 1.54) is 0 Å². The van der Waals surface area contributed by atoms with E-state index in [1.54, 1.807) is 12.4 Å². The molecule has 2 aromatic carbocycles. The van der Waals surface area contributed by atoms with Gasteiger partial charge in [0.15, 0.2) is 11.2 Å². The number of halogens is 1. The largest absolute Gasteiger partial charge is 0.373 e. The molecule has 0 unspecified atom stereocenters. The summed E-state index contributed by atoms with van der Waals surface area (Å²) >= 11 is 6.57. The lowest BCUT2D eigenvalue weighted by Gasteiger charge is -2.12. The number of hydrogen-bond acceptors (Lipinski definition) is 5. The minimum absolute atomic E-state index is 0.175. The van der Waals surface area contributed by atoms with Crippen molar-refractivity contribution in [2.24, 2.45) is 0 Å². The molecule has 0 spiro atoms. The Balaban J connectivity index is 1.59. The van der Waals surface area contributed by atoms with E-state index < -0.39 is 0 Å². The van der Waals surface area contributed by atoms with Gasteiger partial charge in [-0.25, -0.2) is 9.97 Å². The molecule has 3 heterocycles. The maximum Gasteiger partial charge on any atom is 0.214 e. The fourth-order valence-electron chi connectivity index (χ4n) is 3.90. The number of fused-ring (bicyclic) bond motifs is 2. The molecule has 7 heteroatoms. The van der Waals surface area contributed by atoms with E-state index >= 15 is 0 Å². The van der Waals surface area contributed by atoms with Gasteiger partial charge in [0.2, 0.25) is 5.43 Å². The molecule has 0 bridgehead atoms. The number of benzene rings is 2. The maximum atomic E-state index is 13.2. The van der Waals surface area contributed by atoms with Gasteiger partial charge in [-0.2, -0.15) is 0 Å². The Morgan fingerprint density at radius 3 is 2.61 bits per heavy atom. The van der Waals surface area contributed by atoms with Gasteiger partial charge < -0.3 is 9.72 Å². The van der Waals surface area contributed by atoms with E-state index in [0.717, 1.165) is 34.9 Å². The fraction of sp³-hybridized carbons (Fsp3) is 0.154. The number of nitrogens with one attached hydrogen (secondary N) is 1. The average Bonchev–Trinajstić information content (AvgIpc) is 3.68. The van der Waals surface area contributed by atoms with Crippen LogP contribution in [-0.4, -0.2) is 26.0 Å². The van der Waals surface area contributed by atoms with Crippen LogP contribution in [0.25, 0.3) is 44.6 Å². The Bertz CT molecular complexity index is 1560. The minimum Gasteiger partial charge on any atom is -0.373 e. The molecule has 5 aromatic rings. The van der Waals surface area contributed by atoms with E-state index in [-0.39, 0.29) is 23.7 Å². The SMILES string of the molecule is O=c1c(COC2CC2)c[nH]c2nc(-c3ccccc3)c(-c3cc(Cl)c4ncccc4c3)nc12. The second-order valence-corrected chi connectivity index (χ2v) is 8.58. The molecular weight excluding hydrogens is 436 g/mol. The number of nitrogens with zero attached hydrogens (tertiary/aromatic N) is 3. The molecule has 0 saturated heterocycles. The standard InChI is InChI=1S/C26H19ClN4O2/c27-20-12-17(11-16-7-4-10-28-21(16)20)23-22(15-5-2-1-3-6-15)31-26-24(30-23)25(32)18(13-29-26)14-33-19-8-9-19/h1-7,10-13,19H,8-9,14H2,(H,29,31,32). The van der Waals surface area contributed by atoms with Crippen LogP contribution in [0.2, 0.25) is 5.02 Å². The van der Waals surface area contributed by atoms with Crippen LogP contribution in [0.15, 0.2) is 71.8 Å². The molecule has 0 amide bonds. The number of aromatic nitrogens is 4. The Labute approximate surface area is 194 Å². The fourth-order valence-corrected chi connectivity index (χ4v) is 4.18. The third-order valence-corrected chi connectivity index (χ3v) is 6.05. The number of hydrogen-bond donors (Lipinski definition) is 1. The van der Waals surface area contributed by atoms with Crippen LogP contribution in [0.5, 0.6) is 0 Å². The van der Waals surface area contributed by atoms with Crippen molar-refractivity contribution in [2.75, 3.05) is 0 Å². The lowest BCUT2D eigenvalue weighted by Crippen LogP contribution is -2.15. The Morgan fingerprint density at radius 1 is 0.970 bits per heavy atom. The van der Waals surface area contributed by atoms with Gasteiger partial charge in [0.25, 0.3) is 0 Å². The summed E-state index contributed by atoms with van der Waals surface area (Å²) in [4.78, 5) is 30.4. The normalized spacial score (nSPS) is 13.6. The van der Waals surface area contributed by atoms with E-state index in [2.05, 4.69) is 9.97 Å². The second-order valence-electron chi connectivity index (χ2n) is 8.17. The number of pyridine rings is 2. The van der Waals surface area contributed by atoms with E-state index in [4.69, 9.17) is 26.3 Å². The zero-order valence-corrected chi connectivity index (χ0v) is 18.3. The van der Waals surface area contributed by atoms with Crippen molar-refractivity contribution in [3.05, 3.63) is 87.8 Å². The molecule has 0 atom stereocenters. The summed E-state index contributed by atoms with van der Waals surface area (Å²) in [6.07, 6.45) is 5.75. The number of H-pyrrole nitrogens is 1.